The van der Waals surface area contributed by atoms with Gasteiger partial charge in [-0.05, 0) is 75.4 Å². The Morgan fingerprint density at radius 2 is 1.71 bits per heavy atom. The summed E-state index contributed by atoms with van der Waals surface area (Å²) in [6, 6.07) is 19.6. The van der Waals surface area contributed by atoms with Crippen molar-refractivity contribution in [1.29, 1.82) is 0 Å². The monoisotopic (exact) mass is 538 g/mol. The summed E-state index contributed by atoms with van der Waals surface area (Å²) >= 11 is 3.61. The minimum atomic E-state index is -0.651. The third-order valence-electron chi connectivity index (χ3n) is 5.80. The first kappa shape index (κ1) is 26.7. The second kappa shape index (κ2) is 14.5. The van der Waals surface area contributed by atoms with Crippen LogP contribution in [-0.4, -0.2) is 24.8 Å². The molecular formula is C29H35BrN2O3. The summed E-state index contributed by atoms with van der Waals surface area (Å²) < 4.78 is 12.7. The Morgan fingerprint density at radius 3 is 2.49 bits per heavy atom. The normalized spacial score (nSPS) is 12.1. The van der Waals surface area contributed by atoms with Gasteiger partial charge in [-0.25, -0.2) is 5.43 Å². The number of benzene rings is 3. The number of amides is 1. The quantitative estimate of drug-likeness (QED) is 0.130. The Hall–Kier alpha value is -2.86. The Bertz CT molecular complexity index is 1100. The van der Waals surface area contributed by atoms with Crippen molar-refractivity contribution in [2.24, 2.45) is 5.10 Å². The third kappa shape index (κ3) is 8.39. The second-order valence-electron chi connectivity index (χ2n) is 8.53. The molecule has 0 saturated carbocycles. The van der Waals surface area contributed by atoms with Gasteiger partial charge in [0.25, 0.3) is 5.91 Å². The highest BCUT2D eigenvalue weighted by Gasteiger charge is 2.19. The van der Waals surface area contributed by atoms with Crippen LogP contribution in [0, 0.1) is 0 Å². The molecular weight excluding hydrogens is 504 g/mol. The molecule has 6 heteroatoms. The molecule has 1 N–H and O–H groups in total. The molecule has 0 fully saturated rings. The average Bonchev–Trinajstić information content (AvgIpc) is 2.89. The van der Waals surface area contributed by atoms with E-state index >= 15 is 0 Å². The number of rotatable bonds is 14. The van der Waals surface area contributed by atoms with E-state index in [-0.39, 0.29) is 5.91 Å². The van der Waals surface area contributed by atoms with Crippen molar-refractivity contribution in [3.8, 4) is 11.5 Å². The van der Waals surface area contributed by atoms with Gasteiger partial charge in [0.05, 0.1) is 17.3 Å². The van der Waals surface area contributed by atoms with E-state index in [1.165, 1.54) is 32.1 Å². The van der Waals surface area contributed by atoms with Crippen LogP contribution in [0.4, 0.5) is 0 Å². The number of ether oxygens (including phenoxy) is 2. The summed E-state index contributed by atoms with van der Waals surface area (Å²) in [5.41, 5.74) is 3.47. The molecule has 0 spiro atoms. The van der Waals surface area contributed by atoms with Crippen LogP contribution < -0.4 is 14.9 Å². The molecule has 0 aliphatic carbocycles. The molecule has 3 rings (SSSR count). The number of nitrogens with one attached hydrogen (secondary N) is 1. The van der Waals surface area contributed by atoms with Crippen LogP contribution in [0.1, 0.15) is 64.4 Å². The number of hydrogen-bond donors (Lipinski definition) is 1. The number of unbranched alkanes of at least 4 members (excludes halogenated alkanes) is 5. The molecule has 1 atom stereocenters. The van der Waals surface area contributed by atoms with Gasteiger partial charge in [0.2, 0.25) is 0 Å². The molecule has 0 unspecified atom stereocenters. The van der Waals surface area contributed by atoms with Crippen molar-refractivity contribution in [2.75, 3.05) is 6.61 Å². The van der Waals surface area contributed by atoms with Crippen molar-refractivity contribution < 1.29 is 14.3 Å². The van der Waals surface area contributed by atoms with Crippen molar-refractivity contribution in [3.63, 3.8) is 0 Å². The van der Waals surface area contributed by atoms with Gasteiger partial charge in [-0.3, -0.25) is 4.79 Å². The number of hydrazone groups is 1. The molecule has 186 valence electrons. The largest absolute Gasteiger partial charge is 0.494 e. The summed E-state index contributed by atoms with van der Waals surface area (Å²) in [4.78, 5) is 12.6. The lowest BCUT2D eigenvalue weighted by Gasteiger charge is -2.17. The van der Waals surface area contributed by atoms with Crippen molar-refractivity contribution in [1.82, 2.24) is 5.43 Å². The first-order valence-corrected chi connectivity index (χ1v) is 13.3. The molecule has 0 radical (unpaired) electrons. The summed E-state index contributed by atoms with van der Waals surface area (Å²) in [6.07, 6.45) is 8.96. The van der Waals surface area contributed by atoms with Gasteiger partial charge in [-0.15, -0.1) is 0 Å². The highest BCUT2D eigenvalue weighted by atomic mass is 79.9. The Balaban J connectivity index is 1.46. The zero-order valence-corrected chi connectivity index (χ0v) is 22.2. The highest BCUT2D eigenvalue weighted by molar-refractivity contribution is 9.10. The molecule has 0 aromatic heterocycles. The van der Waals surface area contributed by atoms with Crippen LogP contribution in [0.2, 0.25) is 0 Å². The fourth-order valence-electron chi connectivity index (χ4n) is 3.75. The lowest BCUT2D eigenvalue weighted by molar-refractivity contribution is -0.128. The number of carbonyl (C=O) groups excluding carboxylic acids is 1. The van der Waals surface area contributed by atoms with Gasteiger partial charge in [-0.2, -0.15) is 5.10 Å². The van der Waals surface area contributed by atoms with E-state index in [0.717, 1.165) is 39.6 Å². The molecule has 0 bridgehead atoms. The first-order chi connectivity index (χ1) is 17.1. The Labute approximate surface area is 217 Å². The van der Waals surface area contributed by atoms with Gasteiger partial charge in [-0.1, -0.05) is 76.3 Å². The van der Waals surface area contributed by atoms with Gasteiger partial charge < -0.3 is 9.47 Å². The predicted octanol–water partition coefficient (Wildman–Crippen LogP) is 7.65. The van der Waals surface area contributed by atoms with Crippen LogP contribution in [-0.2, 0) is 4.79 Å². The maximum Gasteiger partial charge on any atom is 0.281 e. The van der Waals surface area contributed by atoms with Gasteiger partial charge in [0.15, 0.2) is 6.10 Å². The van der Waals surface area contributed by atoms with Crippen LogP contribution in [0.15, 0.2) is 70.2 Å². The minimum absolute atomic E-state index is 0.289. The first-order valence-electron chi connectivity index (χ1n) is 12.5. The predicted molar refractivity (Wildman–Crippen MR) is 147 cm³/mol. The number of halogens is 1. The average molecular weight is 540 g/mol. The Morgan fingerprint density at radius 1 is 0.971 bits per heavy atom. The van der Waals surface area contributed by atoms with Crippen LogP contribution in [0.5, 0.6) is 11.5 Å². The van der Waals surface area contributed by atoms with Crippen molar-refractivity contribution in [3.05, 3.63) is 70.7 Å². The van der Waals surface area contributed by atoms with E-state index < -0.39 is 6.10 Å². The molecule has 3 aromatic carbocycles. The van der Waals surface area contributed by atoms with E-state index in [1.807, 2.05) is 67.6 Å². The Kier molecular flexibility index (Phi) is 11.1. The highest BCUT2D eigenvalue weighted by Crippen LogP contribution is 2.33. The molecule has 3 aromatic rings. The SMILES string of the molecule is CCCCCCCCOc1ccc(C=NNC(=O)[C@H](CC)Oc2ccc3ccccc3c2Br)cc1. The minimum Gasteiger partial charge on any atom is -0.494 e. The molecule has 1 amide bonds. The standard InChI is InChI=1S/C29H35BrN2O3/c1-3-5-6-7-8-11-20-34-24-17-14-22(15-18-24)21-31-32-29(33)26(4-2)35-27-19-16-23-12-9-10-13-25(23)28(27)30/h9-10,12-19,21,26H,3-8,11,20H2,1-2H3,(H,32,33)/t26-/m0/s1. The topological polar surface area (TPSA) is 59.9 Å². The van der Waals surface area contributed by atoms with E-state index in [2.05, 4.69) is 33.4 Å². The molecule has 0 heterocycles. The van der Waals surface area contributed by atoms with E-state index in [4.69, 9.17) is 9.47 Å². The van der Waals surface area contributed by atoms with E-state index in [1.54, 1.807) is 6.21 Å². The second-order valence-corrected chi connectivity index (χ2v) is 9.33. The van der Waals surface area contributed by atoms with Crippen LogP contribution in [0.3, 0.4) is 0 Å². The summed E-state index contributed by atoms with van der Waals surface area (Å²) in [5.74, 6) is 1.19. The van der Waals surface area contributed by atoms with Gasteiger partial charge in [0.1, 0.15) is 11.5 Å². The number of carbonyl (C=O) groups is 1. The zero-order chi connectivity index (χ0) is 24.9. The summed E-state index contributed by atoms with van der Waals surface area (Å²) in [7, 11) is 0. The smallest absolute Gasteiger partial charge is 0.281 e. The third-order valence-corrected chi connectivity index (χ3v) is 6.61. The van der Waals surface area contributed by atoms with Gasteiger partial charge >= 0.3 is 0 Å². The molecule has 0 aliphatic heterocycles. The lowest BCUT2D eigenvalue weighted by Crippen LogP contribution is -2.35. The summed E-state index contributed by atoms with van der Waals surface area (Å²) in [5, 5.41) is 6.25. The zero-order valence-electron chi connectivity index (χ0n) is 20.6. The number of hydrogen-bond acceptors (Lipinski definition) is 4. The summed E-state index contributed by atoms with van der Waals surface area (Å²) in [6.45, 7) is 4.88. The van der Waals surface area contributed by atoms with Crippen LogP contribution in [0.25, 0.3) is 10.8 Å². The molecule has 35 heavy (non-hydrogen) atoms. The maximum absolute atomic E-state index is 12.6. The van der Waals surface area contributed by atoms with E-state index in [0.29, 0.717) is 12.2 Å². The maximum atomic E-state index is 12.6. The fraction of sp³-hybridized carbons (Fsp3) is 0.379. The number of nitrogens with zero attached hydrogens (tertiary/aromatic N) is 1. The van der Waals surface area contributed by atoms with Gasteiger partial charge in [0, 0.05) is 0 Å². The molecule has 0 aliphatic rings. The van der Waals surface area contributed by atoms with Crippen LogP contribution >= 0.6 is 15.9 Å². The fourth-order valence-corrected chi connectivity index (χ4v) is 4.33. The van der Waals surface area contributed by atoms with Crippen molar-refractivity contribution >= 4 is 38.8 Å². The molecule has 5 nitrogen and oxygen atoms in total. The number of fused-ring (bicyclic) bond motifs is 1. The van der Waals surface area contributed by atoms with E-state index in [9.17, 15) is 4.79 Å². The van der Waals surface area contributed by atoms with Crippen molar-refractivity contribution in [2.45, 2.75) is 64.9 Å². The lowest BCUT2D eigenvalue weighted by atomic mass is 10.1. The molecule has 0 saturated heterocycles.